The van der Waals surface area contributed by atoms with E-state index in [0.29, 0.717) is 23.5 Å². The van der Waals surface area contributed by atoms with Gasteiger partial charge in [-0.25, -0.2) is 4.39 Å². The summed E-state index contributed by atoms with van der Waals surface area (Å²) in [5.41, 5.74) is -1.22. The Bertz CT molecular complexity index is 1030. The molecule has 3 heterocycles. The lowest BCUT2D eigenvalue weighted by Gasteiger charge is -2.28. The number of halogens is 4. The summed E-state index contributed by atoms with van der Waals surface area (Å²) in [7, 11) is 1.40. The third-order valence-electron chi connectivity index (χ3n) is 7.57. The van der Waals surface area contributed by atoms with E-state index >= 15 is 0 Å². The van der Waals surface area contributed by atoms with Gasteiger partial charge in [-0.15, -0.1) is 10.2 Å². The standard InChI is InChI=1S/C25H30F4N4O2/c1-34-19-2-3-22(26)20(10-19)23-11-21(25(27,28)29)24(32-31-23)30-18-8-16-13-33(14-17(16)9-18)12-15-4-6-35-7-5-15/h2-3,10-11,15-18H,4-9,12-14H2,1H3,(H,30,32)/t16-,17-/m1/s1. The fourth-order valence-corrected chi connectivity index (χ4v) is 5.83. The van der Waals surface area contributed by atoms with Crippen LogP contribution in [0.5, 0.6) is 5.75 Å². The maximum atomic E-state index is 14.3. The number of ether oxygens (including phenoxy) is 2. The number of hydrogen-bond acceptors (Lipinski definition) is 6. The Kier molecular flexibility index (Phi) is 6.85. The average molecular weight is 495 g/mol. The molecule has 1 aromatic carbocycles. The van der Waals surface area contributed by atoms with Crippen molar-refractivity contribution in [3.05, 3.63) is 35.6 Å². The van der Waals surface area contributed by atoms with Gasteiger partial charge in [0.15, 0.2) is 5.82 Å². The Morgan fingerprint density at radius 3 is 2.46 bits per heavy atom. The normalized spacial score (nSPS) is 24.0. The van der Waals surface area contributed by atoms with E-state index in [9.17, 15) is 17.6 Å². The van der Waals surface area contributed by atoms with E-state index < -0.39 is 17.6 Å². The molecule has 2 aromatic rings. The fraction of sp³-hybridized carbons (Fsp3) is 0.600. The highest BCUT2D eigenvalue weighted by Crippen LogP contribution is 2.42. The average Bonchev–Trinajstić information content (AvgIpc) is 3.37. The quantitative estimate of drug-likeness (QED) is 0.579. The second kappa shape index (κ2) is 9.89. The van der Waals surface area contributed by atoms with Crippen molar-refractivity contribution in [3.63, 3.8) is 0 Å². The first kappa shape index (κ1) is 24.2. The van der Waals surface area contributed by atoms with E-state index in [0.717, 1.165) is 70.7 Å². The van der Waals surface area contributed by atoms with Crippen LogP contribution in [-0.2, 0) is 10.9 Å². The van der Waals surface area contributed by atoms with Crippen molar-refractivity contribution in [2.45, 2.75) is 37.9 Å². The van der Waals surface area contributed by atoms with Crippen molar-refractivity contribution < 1.29 is 27.0 Å². The first-order chi connectivity index (χ1) is 16.8. The molecule has 0 radical (unpaired) electrons. The van der Waals surface area contributed by atoms with E-state index in [1.807, 2.05) is 0 Å². The lowest BCUT2D eigenvalue weighted by molar-refractivity contribution is -0.137. The number of hydrogen-bond donors (Lipinski definition) is 1. The molecule has 2 atom stereocenters. The molecule has 3 aliphatic rings. The Labute approximate surface area is 202 Å². The number of likely N-dealkylation sites (tertiary alicyclic amines) is 1. The maximum Gasteiger partial charge on any atom is 0.420 e. The van der Waals surface area contributed by atoms with Crippen LogP contribution in [0.15, 0.2) is 24.3 Å². The highest BCUT2D eigenvalue weighted by molar-refractivity contribution is 5.64. The van der Waals surface area contributed by atoms with Crippen molar-refractivity contribution in [2.75, 3.05) is 45.3 Å². The van der Waals surface area contributed by atoms with E-state index in [1.54, 1.807) is 0 Å². The number of fused-ring (bicyclic) bond motifs is 1. The van der Waals surface area contributed by atoms with Crippen LogP contribution in [0, 0.1) is 23.6 Å². The van der Waals surface area contributed by atoms with Crippen LogP contribution in [0.1, 0.15) is 31.2 Å². The lowest BCUT2D eigenvalue weighted by Crippen LogP contribution is -2.32. The van der Waals surface area contributed by atoms with E-state index in [1.165, 1.54) is 19.2 Å². The van der Waals surface area contributed by atoms with Gasteiger partial charge >= 0.3 is 6.18 Å². The highest BCUT2D eigenvalue weighted by Gasteiger charge is 2.43. The molecule has 0 bridgehead atoms. The molecule has 0 unspecified atom stereocenters. The molecule has 1 aliphatic carbocycles. The summed E-state index contributed by atoms with van der Waals surface area (Å²) in [4.78, 5) is 2.51. The second-order valence-corrected chi connectivity index (χ2v) is 9.94. The third kappa shape index (κ3) is 5.38. The number of anilines is 1. The molecule has 1 N–H and O–H groups in total. The van der Waals surface area contributed by atoms with Gasteiger partial charge in [-0.1, -0.05) is 0 Å². The van der Waals surface area contributed by atoms with Crippen LogP contribution >= 0.6 is 0 Å². The number of benzene rings is 1. The van der Waals surface area contributed by atoms with Crippen LogP contribution in [-0.4, -0.2) is 61.1 Å². The van der Waals surface area contributed by atoms with Crippen molar-refractivity contribution in [3.8, 4) is 17.0 Å². The van der Waals surface area contributed by atoms with Gasteiger partial charge in [-0.3, -0.25) is 0 Å². The SMILES string of the molecule is COc1ccc(F)c(-c2cc(C(F)(F)F)c(NC3C[C@@H]4CN(CC5CCOCC5)C[C@H]4C3)nn2)c1. The van der Waals surface area contributed by atoms with Gasteiger partial charge in [-0.2, -0.15) is 13.2 Å². The van der Waals surface area contributed by atoms with E-state index in [4.69, 9.17) is 9.47 Å². The molecule has 10 heteroatoms. The lowest BCUT2D eigenvalue weighted by atomic mass is 10.00. The molecule has 6 nitrogen and oxygen atoms in total. The Hall–Kier alpha value is -2.46. The molecule has 3 fully saturated rings. The zero-order valence-electron chi connectivity index (χ0n) is 19.7. The number of methoxy groups -OCH3 is 1. The van der Waals surface area contributed by atoms with Crippen molar-refractivity contribution in [1.82, 2.24) is 15.1 Å². The number of nitrogens with one attached hydrogen (secondary N) is 1. The van der Waals surface area contributed by atoms with Crippen LogP contribution in [0.4, 0.5) is 23.4 Å². The minimum Gasteiger partial charge on any atom is -0.497 e. The number of alkyl halides is 3. The maximum absolute atomic E-state index is 14.3. The Morgan fingerprint density at radius 2 is 1.80 bits per heavy atom. The topological polar surface area (TPSA) is 59.5 Å². The molecule has 1 aromatic heterocycles. The third-order valence-corrected chi connectivity index (χ3v) is 7.57. The fourth-order valence-electron chi connectivity index (χ4n) is 5.83. The molecule has 5 rings (SSSR count). The van der Waals surface area contributed by atoms with Gasteiger partial charge in [0.25, 0.3) is 0 Å². The Balaban J connectivity index is 1.27. The van der Waals surface area contributed by atoms with Crippen LogP contribution in [0.3, 0.4) is 0 Å². The zero-order chi connectivity index (χ0) is 24.6. The minimum atomic E-state index is -4.66. The molecule has 0 amide bonds. The summed E-state index contributed by atoms with van der Waals surface area (Å²) in [6.07, 6.45) is -0.840. The molecule has 35 heavy (non-hydrogen) atoms. The zero-order valence-corrected chi connectivity index (χ0v) is 19.7. The molecule has 2 saturated heterocycles. The second-order valence-electron chi connectivity index (χ2n) is 9.94. The van der Waals surface area contributed by atoms with Crippen LogP contribution < -0.4 is 10.1 Å². The summed E-state index contributed by atoms with van der Waals surface area (Å²) in [6, 6.07) is 4.62. The number of rotatable bonds is 6. The van der Waals surface area contributed by atoms with Gasteiger partial charge < -0.3 is 19.7 Å². The van der Waals surface area contributed by atoms with Gasteiger partial charge in [0.2, 0.25) is 0 Å². The van der Waals surface area contributed by atoms with Crippen LogP contribution in [0.25, 0.3) is 11.3 Å². The highest BCUT2D eigenvalue weighted by atomic mass is 19.4. The van der Waals surface area contributed by atoms with Crippen molar-refractivity contribution in [1.29, 1.82) is 0 Å². The summed E-state index contributed by atoms with van der Waals surface area (Å²) in [6.45, 7) is 4.74. The Morgan fingerprint density at radius 1 is 1.09 bits per heavy atom. The van der Waals surface area contributed by atoms with Gasteiger partial charge in [0.05, 0.1) is 12.8 Å². The predicted molar refractivity (Wildman–Crippen MR) is 123 cm³/mol. The molecular weight excluding hydrogens is 464 g/mol. The smallest absolute Gasteiger partial charge is 0.420 e. The molecular formula is C25H30F4N4O2. The van der Waals surface area contributed by atoms with Gasteiger partial charge in [0.1, 0.15) is 17.1 Å². The van der Waals surface area contributed by atoms with Gasteiger partial charge in [-0.05, 0) is 67.7 Å². The summed E-state index contributed by atoms with van der Waals surface area (Å²) >= 11 is 0. The molecule has 2 aliphatic heterocycles. The minimum absolute atomic E-state index is 0.0890. The summed E-state index contributed by atoms with van der Waals surface area (Å²) in [5, 5.41) is 10.8. The largest absolute Gasteiger partial charge is 0.497 e. The predicted octanol–water partition coefficient (Wildman–Crippen LogP) is 4.86. The summed E-state index contributed by atoms with van der Waals surface area (Å²) < 4.78 is 66.6. The first-order valence-electron chi connectivity index (χ1n) is 12.2. The number of aromatic nitrogens is 2. The van der Waals surface area contributed by atoms with Crippen LogP contribution in [0.2, 0.25) is 0 Å². The van der Waals surface area contributed by atoms with E-state index in [2.05, 4.69) is 20.4 Å². The number of nitrogens with zero attached hydrogens (tertiary/aromatic N) is 3. The summed E-state index contributed by atoms with van der Waals surface area (Å²) in [5.74, 6) is 0.951. The first-order valence-corrected chi connectivity index (χ1v) is 12.2. The molecule has 0 spiro atoms. The van der Waals surface area contributed by atoms with E-state index in [-0.39, 0.29) is 23.1 Å². The molecule has 1 saturated carbocycles. The monoisotopic (exact) mass is 494 g/mol. The van der Waals surface area contributed by atoms with Gasteiger partial charge in [0, 0.05) is 44.5 Å². The molecule has 190 valence electrons. The van der Waals surface area contributed by atoms with Crippen molar-refractivity contribution in [2.24, 2.45) is 17.8 Å². The van der Waals surface area contributed by atoms with Crippen molar-refractivity contribution >= 4 is 5.82 Å².